The van der Waals surface area contributed by atoms with E-state index in [1.54, 1.807) is 0 Å². The van der Waals surface area contributed by atoms with Crippen LogP contribution in [0.4, 0.5) is 0 Å². The van der Waals surface area contributed by atoms with Gasteiger partial charge in [-0.3, -0.25) is 0 Å². The first-order chi connectivity index (χ1) is 0. The molecule has 0 saturated carbocycles. The third kappa shape index (κ3) is 59.2. The maximum absolute atomic E-state index is 0. The summed E-state index contributed by atoms with van der Waals surface area (Å²) in [5.74, 6) is 0. The first-order valence-electron chi connectivity index (χ1n) is 0. The van der Waals surface area contributed by atoms with Gasteiger partial charge in [0.15, 0.2) is 0 Å². The molecule has 0 aromatic carbocycles. The molecule has 0 saturated heterocycles. The Morgan fingerprint density at radius 3 is 0.333 bits per heavy atom. The molecule has 0 aliphatic heterocycles. The van der Waals surface area contributed by atoms with E-state index in [1.807, 2.05) is 0 Å². The first kappa shape index (κ1) is 87.7. The molecule has 0 fully saturated rings. The summed E-state index contributed by atoms with van der Waals surface area (Å²) in [7, 11) is 0. The molecule has 0 aromatic heterocycles. The van der Waals surface area contributed by atoms with Gasteiger partial charge in [-0.05, 0) is 0 Å². The van der Waals surface area contributed by atoms with Crippen molar-refractivity contribution in [1.29, 1.82) is 0 Å². The van der Waals surface area contributed by atoms with Crippen LogP contribution >= 0.6 is 136 Å². The van der Waals surface area contributed by atoms with Gasteiger partial charge in [-0.1, -0.05) is 0 Å². The van der Waals surface area contributed by atoms with Gasteiger partial charge in [-0.15, -0.1) is 136 Å². The maximum Gasteiger partial charge on any atom is 1.00 e. The second kappa shape index (κ2) is 69.9. The summed E-state index contributed by atoms with van der Waals surface area (Å²) in [6.07, 6.45) is 0. The number of hydrogen-bond donors (Lipinski definition) is 0. The molecule has 0 heterocycles. The Hall–Kier alpha value is 5.48. The summed E-state index contributed by atoms with van der Waals surface area (Å²) in [5, 5.41) is 0. The summed E-state index contributed by atoms with van der Waals surface area (Å²) < 4.78 is 0. The van der Waals surface area contributed by atoms with Crippen LogP contribution < -0.4 is 51.4 Å². The van der Waals surface area contributed by atoms with Crippen molar-refractivity contribution in [3.05, 3.63) is 0 Å². The standard InChI is InChI=1S/8BrH.K.H/h8*1H;;/q;;;;;;;;+1;-1. The Bertz CT molecular complexity index is 9.22. The largest absolute Gasteiger partial charge is 1.00 e. The average Bonchev–Trinajstić information content (AvgIpc) is 0. The molecular formula is H9Br8K. The smallest absolute Gasteiger partial charge is 1.00 e. The quantitative estimate of drug-likeness (QED) is 0.341. The van der Waals surface area contributed by atoms with Crippen LogP contribution in [0.2, 0.25) is 0 Å². The topological polar surface area (TPSA) is 0 Å². The summed E-state index contributed by atoms with van der Waals surface area (Å²) >= 11 is 0. The molecule has 0 N–H and O–H groups in total. The van der Waals surface area contributed by atoms with Crippen molar-refractivity contribution >= 4 is 136 Å². The van der Waals surface area contributed by atoms with Gasteiger partial charge < -0.3 is 1.43 Å². The molecule has 0 nitrogen and oxygen atoms in total. The van der Waals surface area contributed by atoms with E-state index < -0.39 is 0 Å². The molecule has 9 heavy (non-hydrogen) atoms. The minimum atomic E-state index is 0. The monoisotopic (exact) mass is 679 g/mol. The number of halogens is 8. The van der Waals surface area contributed by atoms with E-state index >= 15 is 0 Å². The summed E-state index contributed by atoms with van der Waals surface area (Å²) in [6.45, 7) is 0. The third-order valence-corrected chi connectivity index (χ3v) is 0. The van der Waals surface area contributed by atoms with Crippen molar-refractivity contribution in [1.82, 2.24) is 0 Å². The fourth-order valence-electron chi connectivity index (χ4n) is 0. The zero-order chi connectivity index (χ0) is 0. The predicted octanol–water partition coefficient (Wildman–Crippen LogP) is 1.74. The van der Waals surface area contributed by atoms with E-state index in [2.05, 4.69) is 0 Å². The molecule has 0 aliphatic rings. The van der Waals surface area contributed by atoms with Crippen molar-refractivity contribution < 1.29 is 52.8 Å². The number of rotatable bonds is 0. The molecule has 0 radical (unpaired) electrons. The number of hydrogen-bond acceptors (Lipinski definition) is 0. The van der Waals surface area contributed by atoms with E-state index in [1.165, 1.54) is 0 Å². The van der Waals surface area contributed by atoms with Gasteiger partial charge in [0.1, 0.15) is 0 Å². The Morgan fingerprint density at radius 2 is 0.333 bits per heavy atom. The van der Waals surface area contributed by atoms with Crippen molar-refractivity contribution in [3.8, 4) is 0 Å². The van der Waals surface area contributed by atoms with Gasteiger partial charge in [0, 0.05) is 0 Å². The molecule has 0 bridgehead atoms. The van der Waals surface area contributed by atoms with E-state index in [-0.39, 0.29) is 189 Å². The van der Waals surface area contributed by atoms with Crippen molar-refractivity contribution in [2.75, 3.05) is 0 Å². The minimum absolute atomic E-state index is 0. The molecule has 0 amide bonds. The van der Waals surface area contributed by atoms with Crippen LogP contribution in [0.3, 0.4) is 0 Å². The zero-order valence-corrected chi connectivity index (χ0v) is 21.1. The van der Waals surface area contributed by atoms with Crippen LogP contribution in [-0.2, 0) is 0 Å². The van der Waals surface area contributed by atoms with Gasteiger partial charge in [0.25, 0.3) is 0 Å². The molecule has 9 heteroatoms. The Labute approximate surface area is 184 Å². The Balaban J connectivity index is 0. The first-order valence-corrected chi connectivity index (χ1v) is 0. The molecule has 0 aliphatic carbocycles. The van der Waals surface area contributed by atoms with Gasteiger partial charge in [0.05, 0.1) is 0 Å². The molecular weight excluding hydrogens is 678 g/mol. The van der Waals surface area contributed by atoms with Crippen LogP contribution in [-0.4, -0.2) is 0 Å². The van der Waals surface area contributed by atoms with Crippen molar-refractivity contribution in [2.45, 2.75) is 0 Å². The SMILES string of the molecule is Br.Br.Br.Br.Br.Br.Br.Br.[H-].[K+]. The molecule has 0 spiro atoms. The fourth-order valence-corrected chi connectivity index (χ4v) is 0. The summed E-state index contributed by atoms with van der Waals surface area (Å²) in [4.78, 5) is 0. The molecule has 0 unspecified atom stereocenters. The minimum Gasteiger partial charge on any atom is -1.00 e. The zero-order valence-electron chi connectivity index (χ0n) is 5.27. The van der Waals surface area contributed by atoms with Crippen LogP contribution in [0.5, 0.6) is 0 Å². The van der Waals surface area contributed by atoms with Crippen molar-refractivity contribution in [3.63, 3.8) is 0 Å². The Kier molecular flexibility index (Phi) is 681. The molecule has 66 valence electrons. The molecule has 0 aromatic rings. The van der Waals surface area contributed by atoms with Gasteiger partial charge in [-0.25, -0.2) is 0 Å². The van der Waals surface area contributed by atoms with Crippen LogP contribution in [0.25, 0.3) is 0 Å². The van der Waals surface area contributed by atoms with Gasteiger partial charge in [0.2, 0.25) is 0 Å². The molecule has 0 rings (SSSR count). The maximum atomic E-state index is 0. The van der Waals surface area contributed by atoms with Gasteiger partial charge >= 0.3 is 51.4 Å². The van der Waals surface area contributed by atoms with E-state index in [0.717, 1.165) is 0 Å². The van der Waals surface area contributed by atoms with Crippen molar-refractivity contribution in [2.24, 2.45) is 0 Å². The Morgan fingerprint density at radius 1 is 0.333 bits per heavy atom. The van der Waals surface area contributed by atoms with E-state index in [0.29, 0.717) is 0 Å². The average molecular weight is 687 g/mol. The summed E-state index contributed by atoms with van der Waals surface area (Å²) in [6, 6.07) is 0. The van der Waals surface area contributed by atoms with E-state index in [9.17, 15) is 0 Å². The van der Waals surface area contributed by atoms with Crippen LogP contribution in [0.1, 0.15) is 1.43 Å². The second-order valence-electron chi connectivity index (χ2n) is 0. The van der Waals surface area contributed by atoms with Crippen LogP contribution in [0.15, 0.2) is 0 Å². The predicted molar refractivity (Wildman–Crippen MR) is 83.7 cm³/mol. The second-order valence-corrected chi connectivity index (χ2v) is 0. The van der Waals surface area contributed by atoms with Crippen LogP contribution in [0, 0.1) is 0 Å². The third-order valence-electron chi connectivity index (χ3n) is 0. The molecule has 0 atom stereocenters. The van der Waals surface area contributed by atoms with Gasteiger partial charge in [-0.2, -0.15) is 0 Å². The summed E-state index contributed by atoms with van der Waals surface area (Å²) in [5.41, 5.74) is 0. The fraction of sp³-hybridized carbons (Fsp3) is 0. The normalized spacial score (nSPS) is 0. The van der Waals surface area contributed by atoms with E-state index in [4.69, 9.17) is 0 Å².